The second-order valence-electron chi connectivity index (χ2n) is 5.06. The summed E-state index contributed by atoms with van der Waals surface area (Å²) in [5.41, 5.74) is 0.681. The number of rotatable bonds is 4. The Hall–Kier alpha value is -1.36. The molecule has 0 spiro atoms. The van der Waals surface area contributed by atoms with Crippen LogP contribution < -0.4 is 5.32 Å². The second kappa shape index (κ2) is 6.19. The van der Waals surface area contributed by atoms with Crippen molar-refractivity contribution < 1.29 is 9.21 Å². The smallest absolute Gasteiger partial charge is 0.289 e. The summed E-state index contributed by atoms with van der Waals surface area (Å²) < 4.78 is 5.48. The largest absolute Gasteiger partial charge is 0.435 e. The molecule has 106 valence electrons. The van der Waals surface area contributed by atoms with Crippen molar-refractivity contribution in [1.29, 1.82) is 0 Å². The Balaban J connectivity index is 1.92. The molecule has 0 unspecified atom stereocenters. The van der Waals surface area contributed by atoms with Crippen LogP contribution in [0.2, 0.25) is 0 Å². The number of carbonyl (C=O) groups is 1. The second-order valence-corrected chi connectivity index (χ2v) is 5.06. The minimum absolute atomic E-state index is 0.125. The van der Waals surface area contributed by atoms with Gasteiger partial charge in [0.25, 0.3) is 5.91 Å². The topological polar surface area (TPSA) is 58.4 Å². The van der Waals surface area contributed by atoms with Crippen molar-refractivity contribution in [2.24, 2.45) is 0 Å². The molecule has 0 radical (unpaired) electrons. The molecule has 5 heteroatoms. The Labute approximate surface area is 114 Å². The fourth-order valence-electron chi connectivity index (χ4n) is 2.46. The third-order valence-electron chi connectivity index (χ3n) is 3.72. The van der Waals surface area contributed by atoms with Crippen LogP contribution in [0.4, 0.5) is 0 Å². The molecule has 19 heavy (non-hydrogen) atoms. The lowest BCUT2D eigenvalue weighted by Gasteiger charge is -2.31. The summed E-state index contributed by atoms with van der Waals surface area (Å²) in [5, 5.41) is 3.06. The van der Waals surface area contributed by atoms with Crippen LogP contribution in [0.1, 0.15) is 48.8 Å². The van der Waals surface area contributed by atoms with Crippen molar-refractivity contribution in [3.63, 3.8) is 0 Å². The molecule has 1 aliphatic rings. The number of aromatic nitrogens is 1. The molecule has 1 N–H and O–H groups in total. The molecule has 1 amide bonds. The Bertz CT molecular complexity index is 434. The molecular weight excluding hydrogens is 242 g/mol. The van der Waals surface area contributed by atoms with E-state index in [0.29, 0.717) is 23.8 Å². The zero-order valence-electron chi connectivity index (χ0n) is 12.0. The van der Waals surface area contributed by atoms with E-state index in [9.17, 15) is 4.79 Å². The van der Waals surface area contributed by atoms with E-state index in [1.165, 1.54) is 0 Å². The number of hydrogen-bond acceptors (Lipinski definition) is 4. The fourth-order valence-corrected chi connectivity index (χ4v) is 2.46. The number of hydrogen-bond donors (Lipinski definition) is 1. The van der Waals surface area contributed by atoms with Crippen molar-refractivity contribution in [2.75, 3.05) is 19.6 Å². The van der Waals surface area contributed by atoms with Gasteiger partial charge in [0, 0.05) is 25.6 Å². The zero-order chi connectivity index (χ0) is 13.8. The van der Waals surface area contributed by atoms with E-state index in [1.54, 1.807) is 0 Å². The van der Waals surface area contributed by atoms with E-state index in [1.807, 2.05) is 13.8 Å². The third kappa shape index (κ3) is 3.35. The van der Waals surface area contributed by atoms with Crippen LogP contribution in [0.15, 0.2) is 4.42 Å². The Morgan fingerprint density at radius 1 is 1.42 bits per heavy atom. The van der Waals surface area contributed by atoms with E-state index in [4.69, 9.17) is 4.42 Å². The molecule has 1 aliphatic heterocycles. The van der Waals surface area contributed by atoms with E-state index >= 15 is 0 Å². The molecule has 1 fully saturated rings. The quantitative estimate of drug-likeness (QED) is 0.901. The van der Waals surface area contributed by atoms with Crippen LogP contribution in [0.25, 0.3) is 0 Å². The van der Waals surface area contributed by atoms with Gasteiger partial charge in [0.15, 0.2) is 5.89 Å². The van der Waals surface area contributed by atoms with Crippen molar-refractivity contribution in [2.45, 2.75) is 46.1 Å². The summed E-state index contributed by atoms with van der Waals surface area (Å²) in [4.78, 5) is 18.8. The molecule has 2 heterocycles. The highest BCUT2D eigenvalue weighted by Crippen LogP contribution is 2.14. The third-order valence-corrected chi connectivity index (χ3v) is 3.72. The van der Waals surface area contributed by atoms with Gasteiger partial charge in [-0.05, 0) is 26.3 Å². The lowest BCUT2D eigenvalue weighted by atomic mass is 10.0. The first-order chi connectivity index (χ1) is 9.13. The standard InChI is InChI=1S/C14H23N3O2/c1-4-12-15-10(3)13(19-12)14(18)16-11-6-8-17(5-2)9-7-11/h11H,4-9H2,1-3H3,(H,16,18). The summed E-state index contributed by atoms with van der Waals surface area (Å²) in [6.45, 7) is 9.14. The average molecular weight is 265 g/mol. The number of aryl methyl sites for hydroxylation is 2. The van der Waals surface area contributed by atoms with Crippen LogP contribution in [-0.4, -0.2) is 41.5 Å². The lowest BCUT2D eigenvalue weighted by molar-refractivity contribution is 0.0882. The van der Waals surface area contributed by atoms with Crippen LogP contribution >= 0.6 is 0 Å². The van der Waals surface area contributed by atoms with E-state index < -0.39 is 0 Å². The molecule has 0 saturated carbocycles. The predicted molar refractivity (Wildman–Crippen MR) is 73.2 cm³/mol. The van der Waals surface area contributed by atoms with Gasteiger partial charge < -0.3 is 14.6 Å². The predicted octanol–water partition coefficient (Wildman–Crippen LogP) is 1.76. The summed E-state index contributed by atoms with van der Waals surface area (Å²) in [5.74, 6) is 0.873. The Morgan fingerprint density at radius 2 is 2.11 bits per heavy atom. The highest BCUT2D eigenvalue weighted by molar-refractivity contribution is 5.92. The number of nitrogens with one attached hydrogen (secondary N) is 1. The van der Waals surface area contributed by atoms with Crippen molar-refractivity contribution in [3.05, 3.63) is 17.3 Å². The summed E-state index contributed by atoms with van der Waals surface area (Å²) in [7, 11) is 0. The van der Waals surface area contributed by atoms with Gasteiger partial charge in [0.05, 0.1) is 5.69 Å². The number of carbonyl (C=O) groups excluding carboxylic acids is 1. The Morgan fingerprint density at radius 3 is 2.63 bits per heavy atom. The number of oxazole rings is 1. The fraction of sp³-hybridized carbons (Fsp3) is 0.714. The first-order valence-corrected chi connectivity index (χ1v) is 7.13. The first kappa shape index (κ1) is 14.1. The molecule has 0 bridgehead atoms. The monoisotopic (exact) mass is 265 g/mol. The van der Waals surface area contributed by atoms with Gasteiger partial charge in [-0.1, -0.05) is 13.8 Å². The van der Waals surface area contributed by atoms with Gasteiger partial charge in [-0.2, -0.15) is 0 Å². The molecule has 1 aromatic heterocycles. The average Bonchev–Trinajstić information content (AvgIpc) is 2.81. The molecule has 5 nitrogen and oxygen atoms in total. The normalized spacial score (nSPS) is 17.6. The van der Waals surface area contributed by atoms with Crippen molar-refractivity contribution >= 4 is 5.91 Å². The van der Waals surface area contributed by atoms with Gasteiger partial charge in [0.2, 0.25) is 5.76 Å². The maximum atomic E-state index is 12.2. The molecule has 1 aromatic rings. The maximum Gasteiger partial charge on any atom is 0.289 e. The van der Waals surface area contributed by atoms with Crippen LogP contribution in [0.3, 0.4) is 0 Å². The summed E-state index contributed by atoms with van der Waals surface area (Å²) in [6.07, 6.45) is 2.73. The number of amides is 1. The number of likely N-dealkylation sites (tertiary alicyclic amines) is 1. The van der Waals surface area contributed by atoms with Gasteiger partial charge >= 0.3 is 0 Å². The molecule has 0 aliphatic carbocycles. The molecular formula is C14H23N3O2. The van der Waals surface area contributed by atoms with Gasteiger partial charge in [-0.25, -0.2) is 4.98 Å². The van der Waals surface area contributed by atoms with E-state index in [0.717, 1.165) is 32.5 Å². The van der Waals surface area contributed by atoms with Crippen LogP contribution in [0.5, 0.6) is 0 Å². The van der Waals surface area contributed by atoms with Gasteiger partial charge in [-0.15, -0.1) is 0 Å². The van der Waals surface area contributed by atoms with Gasteiger partial charge in [0.1, 0.15) is 0 Å². The van der Waals surface area contributed by atoms with E-state index in [-0.39, 0.29) is 11.9 Å². The lowest BCUT2D eigenvalue weighted by Crippen LogP contribution is -2.44. The van der Waals surface area contributed by atoms with Crippen LogP contribution in [-0.2, 0) is 6.42 Å². The maximum absolute atomic E-state index is 12.2. The van der Waals surface area contributed by atoms with Crippen molar-refractivity contribution in [1.82, 2.24) is 15.2 Å². The molecule has 2 rings (SSSR count). The Kier molecular flexibility index (Phi) is 4.58. The minimum atomic E-state index is -0.125. The first-order valence-electron chi connectivity index (χ1n) is 7.13. The highest BCUT2D eigenvalue weighted by Gasteiger charge is 2.23. The van der Waals surface area contributed by atoms with Crippen molar-refractivity contribution in [3.8, 4) is 0 Å². The van der Waals surface area contributed by atoms with Gasteiger partial charge in [-0.3, -0.25) is 4.79 Å². The summed E-state index contributed by atoms with van der Waals surface area (Å²) in [6, 6.07) is 0.255. The minimum Gasteiger partial charge on any atom is -0.435 e. The molecule has 0 atom stereocenters. The molecule has 0 aromatic carbocycles. The number of nitrogens with zero attached hydrogens (tertiary/aromatic N) is 2. The van der Waals surface area contributed by atoms with Crippen LogP contribution in [0, 0.1) is 6.92 Å². The molecule has 1 saturated heterocycles. The zero-order valence-corrected chi connectivity index (χ0v) is 12.0. The summed E-state index contributed by atoms with van der Waals surface area (Å²) >= 11 is 0. The number of piperidine rings is 1. The SMILES string of the molecule is CCc1nc(C)c(C(=O)NC2CCN(CC)CC2)o1. The highest BCUT2D eigenvalue weighted by atomic mass is 16.4. The van der Waals surface area contributed by atoms with E-state index in [2.05, 4.69) is 22.1 Å².